The lowest BCUT2D eigenvalue weighted by molar-refractivity contribution is -0.123. The van der Waals surface area contributed by atoms with E-state index in [4.69, 9.17) is 4.74 Å². The van der Waals surface area contributed by atoms with Crippen LogP contribution in [0.2, 0.25) is 0 Å². The van der Waals surface area contributed by atoms with Gasteiger partial charge in [-0.3, -0.25) is 9.59 Å². The molecule has 1 atom stereocenters. The van der Waals surface area contributed by atoms with Crippen molar-refractivity contribution < 1.29 is 19.1 Å². The van der Waals surface area contributed by atoms with E-state index in [1.54, 1.807) is 36.4 Å². The first-order chi connectivity index (χ1) is 13.9. The number of carbonyl (C=O) groups is 3. The van der Waals surface area contributed by atoms with E-state index in [1.165, 1.54) is 13.8 Å². The molecule has 0 spiro atoms. The number of ether oxygens (including phenoxy) is 1. The van der Waals surface area contributed by atoms with Gasteiger partial charge in [-0.1, -0.05) is 42.5 Å². The Morgan fingerprint density at radius 1 is 0.759 bits per heavy atom. The summed E-state index contributed by atoms with van der Waals surface area (Å²) in [5, 5.41) is 2.67. The summed E-state index contributed by atoms with van der Waals surface area (Å²) in [6.45, 7) is 2.98. The molecule has 1 N–H and O–H groups in total. The quantitative estimate of drug-likeness (QED) is 0.490. The summed E-state index contributed by atoms with van der Waals surface area (Å²) in [7, 11) is 0. The molecular formula is C24H21NO4. The van der Waals surface area contributed by atoms with Crippen LogP contribution >= 0.6 is 0 Å². The fourth-order valence-electron chi connectivity index (χ4n) is 2.74. The lowest BCUT2D eigenvalue weighted by Crippen LogP contribution is -2.30. The summed E-state index contributed by atoms with van der Waals surface area (Å²) in [5.41, 5.74) is 3.49. The van der Waals surface area contributed by atoms with Crippen LogP contribution in [0.25, 0.3) is 11.1 Å². The molecule has 29 heavy (non-hydrogen) atoms. The van der Waals surface area contributed by atoms with Crippen LogP contribution in [0.1, 0.15) is 34.6 Å². The Labute approximate surface area is 169 Å². The molecule has 0 heterocycles. The van der Waals surface area contributed by atoms with Crippen molar-refractivity contribution in [1.29, 1.82) is 0 Å². The minimum Gasteiger partial charge on any atom is -0.449 e. The number of ketones is 1. The molecule has 0 aliphatic carbocycles. The van der Waals surface area contributed by atoms with E-state index in [0.29, 0.717) is 16.8 Å². The maximum Gasteiger partial charge on any atom is 0.338 e. The fourth-order valence-corrected chi connectivity index (χ4v) is 2.74. The summed E-state index contributed by atoms with van der Waals surface area (Å²) in [6, 6.07) is 23.4. The van der Waals surface area contributed by atoms with Gasteiger partial charge in [0.15, 0.2) is 11.9 Å². The SMILES string of the molecule is CC(=O)c1ccc(NC(=O)[C@H](C)OC(=O)c2ccc(-c3ccccc3)cc2)cc1. The van der Waals surface area contributed by atoms with Gasteiger partial charge in [-0.25, -0.2) is 4.79 Å². The summed E-state index contributed by atoms with van der Waals surface area (Å²) < 4.78 is 5.27. The maximum atomic E-state index is 12.3. The highest BCUT2D eigenvalue weighted by atomic mass is 16.5. The van der Waals surface area contributed by atoms with E-state index in [-0.39, 0.29) is 5.78 Å². The predicted octanol–water partition coefficient (Wildman–Crippen LogP) is 4.74. The van der Waals surface area contributed by atoms with Gasteiger partial charge in [-0.15, -0.1) is 0 Å². The first-order valence-corrected chi connectivity index (χ1v) is 9.22. The summed E-state index contributed by atoms with van der Waals surface area (Å²) in [4.78, 5) is 35.9. The van der Waals surface area contributed by atoms with E-state index in [1.807, 2.05) is 42.5 Å². The Morgan fingerprint density at radius 3 is 1.90 bits per heavy atom. The molecule has 0 saturated heterocycles. The standard InChI is InChI=1S/C24H21NO4/c1-16(26)18-12-14-22(15-13-18)25-23(27)17(2)29-24(28)21-10-8-20(9-11-21)19-6-4-3-5-7-19/h3-15,17H,1-2H3,(H,25,27)/t17-/m0/s1. The van der Waals surface area contributed by atoms with E-state index in [0.717, 1.165) is 11.1 Å². The number of esters is 1. The minimum absolute atomic E-state index is 0.0524. The molecule has 3 aromatic carbocycles. The molecule has 0 radical (unpaired) electrons. The van der Waals surface area contributed by atoms with Gasteiger partial charge in [0.2, 0.25) is 0 Å². The topological polar surface area (TPSA) is 72.5 Å². The zero-order valence-corrected chi connectivity index (χ0v) is 16.2. The monoisotopic (exact) mass is 387 g/mol. The molecule has 0 aromatic heterocycles. The Hall–Kier alpha value is -3.73. The Balaban J connectivity index is 1.59. The minimum atomic E-state index is -0.969. The van der Waals surface area contributed by atoms with Crippen molar-refractivity contribution in [2.45, 2.75) is 20.0 Å². The summed E-state index contributed by atoms with van der Waals surface area (Å²) in [5.74, 6) is -1.07. The van der Waals surface area contributed by atoms with Gasteiger partial charge in [0, 0.05) is 11.3 Å². The van der Waals surface area contributed by atoms with Gasteiger partial charge < -0.3 is 10.1 Å². The molecule has 0 aliphatic heterocycles. The zero-order chi connectivity index (χ0) is 20.8. The fraction of sp³-hybridized carbons (Fsp3) is 0.125. The molecule has 0 saturated carbocycles. The number of hydrogen-bond donors (Lipinski definition) is 1. The Bertz CT molecular complexity index is 1010. The van der Waals surface area contributed by atoms with Crippen LogP contribution in [0, 0.1) is 0 Å². The smallest absolute Gasteiger partial charge is 0.338 e. The van der Waals surface area contributed by atoms with Crippen LogP contribution in [-0.2, 0) is 9.53 Å². The molecule has 0 aliphatic rings. The number of anilines is 1. The maximum absolute atomic E-state index is 12.3. The highest BCUT2D eigenvalue weighted by molar-refractivity contribution is 5.98. The second-order valence-electron chi connectivity index (χ2n) is 6.61. The number of Topliss-reactive ketones (excluding diaryl/α,β-unsaturated/α-hetero) is 1. The number of amides is 1. The van der Waals surface area contributed by atoms with Crippen molar-refractivity contribution in [3.63, 3.8) is 0 Å². The van der Waals surface area contributed by atoms with Crippen molar-refractivity contribution in [2.75, 3.05) is 5.32 Å². The van der Waals surface area contributed by atoms with Crippen LogP contribution in [0.3, 0.4) is 0 Å². The molecule has 3 rings (SSSR count). The van der Waals surface area contributed by atoms with Crippen LogP contribution in [0.4, 0.5) is 5.69 Å². The Kier molecular flexibility index (Phi) is 6.19. The van der Waals surface area contributed by atoms with Crippen molar-refractivity contribution in [3.05, 3.63) is 90.0 Å². The highest BCUT2D eigenvalue weighted by Gasteiger charge is 2.19. The van der Waals surface area contributed by atoms with Gasteiger partial charge in [0.1, 0.15) is 0 Å². The highest BCUT2D eigenvalue weighted by Crippen LogP contribution is 2.20. The second-order valence-corrected chi connectivity index (χ2v) is 6.61. The van der Waals surface area contributed by atoms with Gasteiger partial charge in [-0.2, -0.15) is 0 Å². The van der Waals surface area contributed by atoms with Crippen molar-refractivity contribution in [3.8, 4) is 11.1 Å². The molecular weight excluding hydrogens is 366 g/mol. The number of rotatable bonds is 6. The van der Waals surface area contributed by atoms with E-state index < -0.39 is 18.0 Å². The first-order valence-electron chi connectivity index (χ1n) is 9.22. The lowest BCUT2D eigenvalue weighted by atomic mass is 10.0. The summed E-state index contributed by atoms with van der Waals surface area (Å²) >= 11 is 0. The first kappa shape index (κ1) is 20.0. The third kappa shape index (κ3) is 5.17. The van der Waals surface area contributed by atoms with Crippen LogP contribution in [-0.4, -0.2) is 23.8 Å². The van der Waals surface area contributed by atoms with Crippen molar-refractivity contribution >= 4 is 23.3 Å². The second kappa shape index (κ2) is 8.97. The van der Waals surface area contributed by atoms with Gasteiger partial charge in [0.25, 0.3) is 5.91 Å². The predicted molar refractivity (Wildman–Crippen MR) is 112 cm³/mol. The third-order valence-corrected chi connectivity index (χ3v) is 4.44. The van der Waals surface area contributed by atoms with Crippen LogP contribution in [0.5, 0.6) is 0 Å². The number of nitrogens with one attached hydrogen (secondary N) is 1. The van der Waals surface area contributed by atoms with E-state index >= 15 is 0 Å². The normalized spacial score (nSPS) is 11.4. The van der Waals surface area contributed by atoms with Gasteiger partial charge >= 0.3 is 5.97 Å². The van der Waals surface area contributed by atoms with E-state index in [2.05, 4.69) is 5.32 Å². The van der Waals surface area contributed by atoms with E-state index in [9.17, 15) is 14.4 Å². The number of benzene rings is 3. The molecule has 1 amide bonds. The Morgan fingerprint density at radius 2 is 1.31 bits per heavy atom. The molecule has 0 bridgehead atoms. The molecule has 5 nitrogen and oxygen atoms in total. The van der Waals surface area contributed by atoms with Crippen molar-refractivity contribution in [1.82, 2.24) is 0 Å². The average molecular weight is 387 g/mol. The molecule has 0 fully saturated rings. The molecule has 0 unspecified atom stereocenters. The molecule has 146 valence electrons. The largest absolute Gasteiger partial charge is 0.449 e. The third-order valence-electron chi connectivity index (χ3n) is 4.44. The van der Waals surface area contributed by atoms with Gasteiger partial charge in [-0.05, 0) is 61.4 Å². The van der Waals surface area contributed by atoms with Crippen molar-refractivity contribution in [2.24, 2.45) is 0 Å². The van der Waals surface area contributed by atoms with Gasteiger partial charge in [0.05, 0.1) is 5.56 Å². The molecule has 5 heteroatoms. The molecule has 3 aromatic rings. The number of carbonyl (C=O) groups excluding carboxylic acids is 3. The number of hydrogen-bond acceptors (Lipinski definition) is 4. The summed E-state index contributed by atoms with van der Waals surface area (Å²) in [6.07, 6.45) is -0.969. The lowest BCUT2D eigenvalue weighted by Gasteiger charge is -2.14. The van der Waals surface area contributed by atoms with Crippen LogP contribution in [0.15, 0.2) is 78.9 Å². The zero-order valence-electron chi connectivity index (χ0n) is 16.2. The van der Waals surface area contributed by atoms with Crippen LogP contribution < -0.4 is 5.32 Å². The average Bonchev–Trinajstić information content (AvgIpc) is 2.74.